The monoisotopic (exact) mass is 259 g/mol. The molecule has 18 heavy (non-hydrogen) atoms. The molecule has 0 saturated carbocycles. The van der Waals surface area contributed by atoms with Crippen LogP contribution in [0.15, 0.2) is 48.7 Å². The van der Waals surface area contributed by atoms with Crippen LogP contribution in [0.4, 0.5) is 0 Å². The van der Waals surface area contributed by atoms with Gasteiger partial charge in [0.2, 0.25) is 5.24 Å². The Morgan fingerprint density at radius 2 is 2.11 bits per heavy atom. The zero-order chi connectivity index (χ0) is 13.0. The quantitative estimate of drug-likeness (QED) is 0.787. The minimum Gasteiger partial charge on any atom is -0.281 e. The molecule has 2 aromatic rings. The molecular weight excluding hydrogens is 246 g/mol. The number of hydrogen-bond donors (Lipinski definition) is 0. The van der Waals surface area contributed by atoms with Gasteiger partial charge in [-0.3, -0.25) is 9.78 Å². The fourth-order valence-corrected chi connectivity index (χ4v) is 2.15. The summed E-state index contributed by atoms with van der Waals surface area (Å²) in [5.74, 6) is -0.332. The fourth-order valence-electron chi connectivity index (χ4n) is 1.94. The van der Waals surface area contributed by atoms with Crippen LogP contribution in [0.2, 0.25) is 0 Å². The van der Waals surface area contributed by atoms with Gasteiger partial charge >= 0.3 is 0 Å². The van der Waals surface area contributed by atoms with Crippen LogP contribution in [0.25, 0.3) is 0 Å². The highest BCUT2D eigenvalue weighted by atomic mass is 35.5. The molecule has 1 atom stereocenters. The number of aryl methyl sites for hydroxylation is 1. The average molecular weight is 260 g/mol. The number of aromatic nitrogens is 1. The molecule has 0 radical (unpaired) electrons. The molecule has 0 N–H and O–H groups in total. The number of rotatable bonds is 4. The Morgan fingerprint density at radius 1 is 1.28 bits per heavy atom. The van der Waals surface area contributed by atoms with E-state index in [9.17, 15) is 4.79 Å². The molecule has 1 aromatic carbocycles. The lowest BCUT2D eigenvalue weighted by Crippen LogP contribution is -2.11. The highest BCUT2D eigenvalue weighted by molar-refractivity contribution is 6.64. The largest absolute Gasteiger partial charge is 0.281 e. The van der Waals surface area contributed by atoms with E-state index >= 15 is 0 Å². The van der Waals surface area contributed by atoms with Crippen molar-refractivity contribution >= 4 is 16.8 Å². The molecule has 0 fully saturated rings. The molecule has 2 nitrogen and oxygen atoms in total. The molecular formula is C15H14ClNO. The van der Waals surface area contributed by atoms with Crippen molar-refractivity contribution < 1.29 is 4.79 Å². The number of carbonyl (C=O) groups excluding carboxylic acids is 1. The van der Waals surface area contributed by atoms with Gasteiger partial charge in [-0.25, -0.2) is 0 Å². The van der Waals surface area contributed by atoms with Crippen LogP contribution in [0.3, 0.4) is 0 Å². The molecule has 0 amide bonds. The topological polar surface area (TPSA) is 30.0 Å². The third-order valence-electron chi connectivity index (χ3n) is 2.86. The lowest BCUT2D eigenvalue weighted by atomic mass is 9.94. The van der Waals surface area contributed by atoms with E-state index in [-0.39, 0.29) is 11.2 Å². The zero-order valence-electron chi connectivity index (χ0n) is 10.1. The Balaban J connectivity index is 2.27. The summed E-state index contributed by atoms with van der Waals surface area (Å²) in [5.41, 5.74) is 2.94. The summed E-state index contributed by atoms with van der Waals surface area (Å²) in [7, 11) is 0. The summed E-state index contributed by atoms with van der Waals surface area (Å²) in [6, 6.07) is 13.5. The van der Waals surface area contributed by atoms with Gasteiger partial charge in [-0.15, -0.1) is 0 Å². The molecule has 1 unspecified atom stereocenters. The first-order chi connectivity index (χ1) is 8.66. The third kappa shape index (κ3) is 3.17. The predicted octanol–water partition coefficient (Wildman–Crippen LogP) is 3.48. The zero-order valence-corrected chi connectivity index (χ0v) is 10.9. The molecule has 0 saturated heterocycles. The SMILES string of the molecule is Cc1cccc(C(Cc2ccccn2)C(=O)Cl)c1. The maximum absolute atomic E-state index is 11.6. The summed E-state index contributed by atoms with van der Waals surface area (Å²) >= 11 is 5.71. The summed E-state index contributed by atoms with van der Waals surface area (Å²) in [6.45, 7) is 2.00. The van der Waals surface area contributed by atoms with Crippen LogP contribution in [0, 0.1) is 6.92 Å². The first-order valence-corrected chi connectivity index (χ1v) is 6.20. The van der Waals surface area contributed by atoms with Crippen molar-refractivity contribution in [3.8, 4) is 0 Å². The van der Waals surface area contributed by atoms with E-state index in [1.54, 1.807) is 6.20 Å². The van der Waals surface area contributed by atoms with Gasteiger partial charge in [0.1, 0.15) is 0 Å². The van der Waals surface area contributed by atoms with Crippen molar-refractivity contribution in [1.82, 2.24) is 4.98 Å². The number of hydrogen-bond acceptors (Lipinski definition) is 2. The molecule has 0 spiro atoms. The summed E-state index contributed by atoms with van der Waals surface area (Å²) in [5, 5.41) is -0.341. The van der Waals surface area contributed by atoms with Gasteiger partial charge in [-0.05, 0) is 36.2 Å². The number of carbonyl (C=O) groups is 1. The Morgan fingerprint density at radius 3 is 2.72 bits per heavy atom. The van der Waals surface area contributed by atoms with Gasteiger partial charge in [0, 0.05) is 18.3 Å². The van der Waals surface area contributed by atoms with Crippen LogP contribution < -0.4 is 0 Å². The Kier molecular flexibility index (Phi) is 4.11. The van der Waals surface area contributed by atoms with Gasteiger partial charge in [0.05, 0.1) is 5.92 Å². The van der Waals surface area contributed by atoms with Crippen molar-refractivity contribution in [3.05, 3.63) is 65.5 Å². The second kappa shape index (κ2) is 5.78. The van der Waals surface area contributed by atoms with Gasteiger partial charge in [0.15, 0.2) is 0 Å². The van der Waals surface area contributed by atoms with Crippen LogP contribution in [-0.2, 0) is 11.2 Å². The van der Waals surface area contributed by atoms with Gasteiger partial charge in [-0.2, -0.15) is 0 Å². The second-order valence-corrected chi connectivity index (χ2v) is 4.67. The second-order valence-electron chi connectivity index (χ2n) is 4.30. The van der Waals surface area contributed by atoms with Gasteiger partial charge < -0.3 is 0 Å². The smallest absolute Gasteiger partial charge is 0.229 e. The Bertz CT molecular complexity index is 539. The van der Waals surface area contributed by atoms with Crippen LogP contribution in [0.5, 0.6) is 0 Å². The minimum atomic E-state index is -0.341. The predicted molar refractivity (Wildman–Crippen MR) is 72.7 cm³/mol. The third-order valence-corrected chi connectivity index (χ3v) is 3.12. The standard InChI is InChI=1S/C15H14ClNO/c1-11-5-4-6-12(9-11)14(15(16)18)10-13-7-2-3-8-17-13/h2-9,14H,10H2,1H3. The summed E-state index contributed by atoms with van der Waals surface area (Å²) in [6.07, 6.45) is 2.26. The van der Waals surface area contributed by atoms with Gasteiger partial charge in [0.25, 0.3) is 0 Å². The molecule has 0 aliphatic heterocycles. The van der Waals surface area contributed by atoms with E-state index in [2.05, 4.69) is 4.98 Å². The first kappa shape index (κ1) is 12.8. The normalized spacial score (nSPS) is 12.1. The Hall–Kier alpha value is -1.67. The maximum Gasteiger partial charge on any atom is 0.229 e. The molecule has 0 bridgehead atoms. The molecule has 92 valence electrons. The number of pyridine rings is 1. The van der Waals surface area contributed by atoms with Crippen LogP contribution >= 0.6 is 11.6 Å². The molecule has 1 aromatic heterocycles. The van der Waals surface area contributed by atoms with Gasteiger partial charge in [-0.1, -0.05) is 35.9 Å². The van der Waals surface area contributed by atoms with Crippen LogP contribution in [0.1, 0.15) is 22.7 Å². The maximum atomic E-state index is 11.6. The van der Waals surface area contributed by atoms with E-state index < -0.39 is 0 Å². The molecule has 2 rings (SSSR count). The van der Waals surface area contributed by atoms with E-state index in [0.29, 0.717) is 6.42 Å². The lowest BCUT2D eigenvalue weighted by Gasteiger charge is -2.13. The van der Waals surface area contributed by atoms with Crippen molar-refractivity contribution in [2.24, 2.45) is 0 Å². The highest BCUT2D eigenvalue weighted by Gasteiger charge is 2.19. The van der Waals surface area contributed by atoms with E-state index in [0.717, 1.165) is 16.8 Å². The highest BCUT2D eigenvalue weighted by Crippen LogP contribution is 2.23. The number of halogens is 1. The summed E-state index contributed by atoms with van der Waals surface area (Å²) in [4.78, 5) is 15.8. The van der Waals surface area contributed by atoms with E-state index in [1.807, 2.05) is 49.4 Å². The molecule has 1 heterocycles. The number of benzene rings is 1. The van der Waals surface area contributed by atoms with Crippen molar-refractivity contribution in [2.75, 3.05) is 0 Å². The fraction of sp³-hybridized carbons (Fsp3) is 0.200. The van der Waals surface area contributed by atoms with E-state index in [4.69, 9.17) is 11.6 Å². The molecule has 0 aliphatic carbocycles. The molecule has 3 heteroatoms. The van der Waals surface area contributed by atoms with E-state index in [1.165, 1.54) is 0 Å². The Labute approximate surface area is 112 Å². The first-order valence-electron chi connectivity index (χ1n) is 5.82. The average Bonchev–Trinajstić information content (AvgIpc) is 2.37. The van der Waals surface area contributed by atoms with Crippen molar-refractivity contribution in [3.63, 3.8) is 0 Å². The minimum absolute atomic E-state index is 0.332. The summed E-state index contributed by atoms with van der Waals surface area (Å²) < 4.78 is 0. The number of nitrogens with zero attached hydrogens (tertiary/aromatic N) is 1. The van der Waals surface area contributed by atoms with Crippen molar-refractivity contribution in [1.29, 1.82) is 0 Å². The van der Waals surface area contributed by atoms with Crippen molar-refractivity contribution in [2.45, 2.75) is 19.3 Å². The lowest BCUT2D eigenvalue weighted by molar-refractivity contribution is -0.113. The van der Waals surface area contributed by atoms with Crippen LogP contribution in [-0.4, -0.2) is 10.2 Å². The molecule has 0 aliphatic rings.